The SMILES string of the molecule is CC(C)(C)c1ccnc(-n2c3ccccc3c3ccc(C(c4cccc(Nc5ccccc5Nc5c(-c6ccccc6)cccc5-c5ccccc5)c4)c4ccco4)cc32)c1. The van der Waals surface area contributed by atoms with Crippen LogP contribution in [-0.2, 0) is 5.41 Å². The molecule has 3 heterocycles. The molecule has 0 bridgehead atoms. The summed E-state index contributed by atoms with van der Waals surface area (Å²) in [6.45, 7) is 6.74. The van der Waals surface area contributed by atoms with Crippen molar-refractivity contribution in [3.05, 3.63) is 229 Å². The molecule has 61 heavy (non-hydrogen) atoms. The number of para-hydroxylation sites is 4. The van der Waals surface area contributed by atoms with Crippen molar-refractivity contribution in [1.82, 2.24) is 9.55 Å². The van der Waals surface area contributed by atoms with Gasteiger partial charge < -0.3 is 15.1 Å². The molecule has 0 spiro atoms. The van der Waals surface area contributed by atoms with Crippen molar-refractivity contribution in [3.8, 4) is 28.1 Å². The van der Waals surface area contributed by atoms with Gasteiger partial charge in [-0.15, -0.1) is 0 Å². The molecule has 0 aliphatic carbocycles. The molecule has 1 atom stereocenters. The van der Waals surface area contributed by atoms with E-state index in [1.807, 2.05) is 12.3 Å². The van der Waals surface area contributed by atoms with Gasteiger partial charge in [-0.05, 0) is 93.9 Å². The molecule has 3 aromatic heterocycles. The van der Waals surface area contributed by atoms with Crippen LogP contribution < -0.4 is 10.6 Å². The van der Waals surface area contributed by atoms with Crippen molar-refractivity contribution in [2.24, 2.45) is 0 Å². The van der Waals surface area contributed by atoms with Gasteiger partial charge in [0.15, 0.2) is 0 Å². The van der Waals surface area contributed by atoms with Crippen molar-refractivity contribution < 1.29 is 4.42 Å². The van der Waals surface area contributed by atoms with Gasteiger partial charge in [-0.1, -0.05) is 154 Å². The average molecular weight is 791 g/mol. The molecule has 7 aromatic carbocycles. The van der Waals surface area contributed by atoms with Crippen LogP contribution >= 0.6 is 0 Å². The normalized spacial score (nSPS) is 12.1. The Morgan fingerprint density at radius 2 is 1.16 bits per heavy atom. The van der Waals surface area contributed by atoms with Gasteiger partial charge in [-0.25, -0.2) is 4.98 Å². The number of nitrogens with zero attached hydrogens (tertiary/aromatic N) is 2. The number of pyridine rings is 1. The third-order valence-corrected chi connectivity index (χ3v) is 11.6. The quantitative estimate of drug-likeness (QED) is 0.145. The first-order valence-corrected chi connectivity index (χ1v) is 20.9. The van der Waals surface area contributed by atoms with E-state index >= 15 is 0 Å². The first-order valence-electron chi connectivity index (χ1n) is 20.9. The molecular weight excluding hydrogens is 745 g/mol. The van der Waals surface area contributed by atoms with Gasteiger partial charge in [0.1, 0.15) is 11.6 Å². The second kappa shape index (κ2) is 15.9. The van der Waals surface area contributed by atoms with Gasteiger partial charge in [0.05, 0.1) is 40.3 Å². The topological polar surface area (TPSA) is 55.0 Å². The molecule has 0 amide bonds. The molecule has 0 saturated heterocycles. The van der Waals surface area contributed by atoms with Crippen LogP contribution in [0.25, 0.3) is 49.9 Å². The molecule has 1 unspecified atom stereocenters. The highest BCUT2D eigenvalue weighted by Gasteiger charge is 2.24. The van der Waals surface area contributed by atoms with Gasteiger partial charge in [0.2, 0.25) is 0 Å². The Balaban J connectivity index is 1.04. The molecule has 0 radical (unpaired) electrons. The van der Waals surface area contributed by atoms with E-state index in [2.05, 4.69) is 224 Å². The molecule has 2 N–H and O–H groups in total. The third-order valence-electron chi connectivity index (χ3n) is 11.6. The van der Waals surface area contributed by atoms with E-state index in [1.165, 1.54) is 16.3 Å². The number of fused-ring (bicyclic) bond motifs is 3. The number of hydrogen-bond donors (Lipinski definition) is 2. The van der Waals surface area contributed by atoms with Crippen LogP contribution in [0, 0.1) is 0 Å². The Kier molecular flexibility index (Phi) is 9.78. The monoisotopic (exact) mass is 790 g/mol. The minimum atomic E-state index is -0.166. The number of nitrogens with one attached hydrogen (secondary N) is 2. The van der Waals surface area contributed by atoms with Gasteiger partial charge in [-0.2, -0.15) is 0 Å². The average Bonchev–Trinajstić information content (AvgIpc) is 3.94. The summed E-state index contributed by atoms with van der Waals surface area (Å²) in [7, 11) is 0. The third kappa shape index (κ3) is 7.36. The lowest BCUT2D eigenvalue weighted by atomic mass is 9.87. The van der Waals surface area contributed by atoms with E-state index in [-0.39, 0.29) is 11.3 Å². The van der Waals surface area contributed by atoms with Crippen LogP contribution in [0.15, 0.2) is 211 Å². The maximum absolute atomic E-state index is 6.23. The van der Waals surface area contributed by atoms with Crippen molar-refractivity contribution in [2.45, 2.75) is 32.1 Å². The van der Waals surface area contributed by atoms with Gasteiger partial charge >= 0.3 is 0 Å². The van der Waals surface area contributed by atoms with Crippen molar-refractivity contribution >= 4 is 44.6 Å². The number of aromatic nitrogens is 2. The summed E-state index contributed by atoms with van der Waals surface area (Å²) < 4.78 is 8.54. The summed E-state index contributed by atoms with van der Waals surface area (Å²) >= 11 is 0. The predicted octanol–water partition coefficient (Wildman–Crippen LogP) is 15.1. The van der Waals surface area contributed by atoms with Crippen LogP contribution in [0.3, 0.4) is 0 Å². The summed E-state index contributed by atoms with van der Waals surface area (Å²) in [4.78, 5) is 4.93. The highest BCUT2D eigenvalue weighted by molar-refractivity contribution is 6.09. The fraction of sp³-hybridized carbons (Fsp3) is 0.0893. The van der Waals surface area contributed by atoms with E-state index in [9.17, 15) is 0 Å². The van der Waals surface area contributed by atoms with Crippen LogP contribution in [0.1, 0.15) is 49.1 Å². The number of rotatable bonds is 10. The lowest BCUT2D eigenvalue weighted by molar-refractivity contribution is 0.503. The lowest BCUT2D eigenvalue weighted by Gasteiger charge is -2.21. The molecule has 10 rings (SSSR count). The van der Waals surface area contributed by atoms with Gasteiger partial charge in [0, 0.05) is 33.8 Å². The first-order chi connectivity index (χ1) is 29.9. The number of benzene rings is 7. The predicted molar refractivity (Wildman–Crippen MR) is 254 cm³/mol. The Hall–Kier alpha value is -7.63. The molecule has 0 fully saturated rings. The highest BCUT2D eigenvalue weighted by Crippen LogP contribution is 2.42. The second-order valence-corrected chi connectivity index (χ2v) is 16.6. The summed E-state index contributed by atoms with van der Waals surface area (Å²) in [6, 6.07) is 68.6. The summed E-state index contributed by atoms with van der Waals surface area (Å²) in [6.07, 6.45) is 3.70. The van der Waals surface area contributed by atoms with Crippen LogP contribution in [0.2, 0.25) is 0 Å². The molecule has 5 heteroatoms. The molecule has 0 aliphatic rings. The molecular formula is C56H46N4O. The highest BCUT2D eigenvalue weighted by atomic mass is 16.3. The molecule has 10 aromatic rings. The number of hydrogen-bond acceptors (Lipinski definition) is 4. The first kappa shape index (κ1) is 37.6. The Bertz CT molecular complexity index is 3070. The molecule has 0 aliphatic heterocycles. The smallest absolute Gasteiger partial charge is 0.137 e. The Labute approximate surface area is 357 Å². The fourth-order valence-electron chi connectivity index (χ4n) is 8.59. The van der Waals surface area contributed by atoms with E-state index in [4.69, 9.17) is 9.40 Å². The standard InChI is InChI=1S/C56H46N4O/c1-56(2,3)42-32-33-57-53(37-42)60-50-28-13-10-23-46(50)47-31-30-41(36-51(47)60)54(52-29-16-34-61-52)40-21-14-22-43(35-40)58-48-26-11-12-27-49(48)59-55-44(38-17-6-4-7-18-38)24-15-25-45(55)39-19-8-5-9-20-39/h4-37,54,58-59H,1-3H3. The fourth-order valence-corrected chi connectivity index (χ4v) is 8.59. The van der Waals surface area contributed by atoms with E-state index in [1.54, 1.807) is 6.26 Å². The maximum atomic E-state index is 6.23. The summed E-state index contributed by atoms with van der Waals surface area (Å²) in [5.41, 5.74) is 14.2. The van der Waals surface area contributed by atoms with Crippen molar-refractivity contribution in [3.63, 3.8) is 0 Å². The van der Waals surface area contributed by atoms with Gasteiger partial charge in [-0.3, -0.25) is 4.57 Å². The Morgan fingerprint density at radius 3 is 1.87 bits per heavy atom. The zero-order valence-electron chi connectivity index (χ0n) is 34.5. The maximum Gasteiger partial charge on any atom is 0.137 e. The van der Waals surface area contributed by atoms with E-state index in [0.29, 0.717) is 0 Å². The van der Waals surface area contributed by atoms with Crippen LogP contribution in [0.5, 0.6) is 0 Å². The van der Waals surface area contributed by atoms with E-state index in [0.717, 1.165) is 78.7 Å². The summed E-state index contributed by atoms with van der Waals surface area (Å²) in [5.74, 6) is 1.62. The number of anilines is 4. The van der Waals surface area contributed by atoms with Crippen LogP contribution in [0.4, 0.5) is 22.7 Å². The lowest BCUT2D eigenvalue weighted by Crippen LogP contribution is -2.12. The summed E-state index contributed by atoms with van der Waals surface area (Å²) in [5, 5.41) is 10.1. The second-order valence-electron chi connectivity index (χ2n) is 16.6. The largest absolute Gasteiger partial charge is 0.468 e. The minimum absolute atomic E-state index is 0.0145. The molecule has 0 saturated carbocycles. The zero-order valence-corrected chi connectivity index (χ0v) is 34.5. The minimum Gasteiger partial charge on any atom is -0.468 e. The zero-order chi connectivity index (χ0) is 41.3. The Morgan fingerprint density at radius 1 is 0.525 bits per heavy atom. The van der Waals surface area contributed by atoms with Crippen LogP contribution in [-0.4, -0.2) is 9.55 Å². The van der Waals surface area contributed by atoms with Gasteiger partial charge in [0.25, 0.3) is 0 Å². The van der Waals surface area contributed by atoms with Crippen molar-refractivity contribution in [1.29, 1.82) is 0 Å². The number of furan rings is 1. The molecule has 296 valence electrons. The molecule has 5 nitrogen and oxygen atoms in total. The van der Waals surface area contributed by atoms with E-state index < -0.39 is 0 Å². The van der Waals surface area contributed by atoms with Crippen molar-refractivity contribution in [2.75, 3.05) is 10.6 Å².